The van der Waals surface area contributed by atoms with Gasteiger partial charge in [-0.3, -0.25) is 0 Å². The number of nitrogens with zero attached hydrogens (tertiary/aromatic N) is 1. The normalized spacial score (nSPS) is 12.2. The number of pyridine rings is 1. The maximum Gasteiger partial charge on any atom is 0.0809 e. The van der Waals surface area contributed by atoms with E-state index >= 15 is 0 Å². The van der Waals surface area contributed by atoms with Crippen LogP contribution in [0.5, 0.6) is 0 Å². The first-order chi connectivity index (χ1) is 20.8. The molecule has 9 aromatic rings. The second-order valence-corrected chi connectivity index (χ2v) is 12.8. The van der Waals surface area contributed by atoms with Gasteiger partial charge in [0.1, 0.15) is 0 Å². The fourth-order valence-corrected chi connectivity index (χ4v) is 8.06. The van der Waals surface area contributed by atoms with Gasteiger partial charge in [-0.2, -0.15) is 0 Å². The predicted octanol–water partition coefficient (Wildman–Crippen LogP) is 11.9. The zero-order chi connectivity index (χ0) is 27.6. The third kappa shape index (κ3) is 3.71. The van der Waals surface area contributed by atoms with E-state index in [1.165, 1.54) is 68.8 Å². The molecule has 3 aromatic heterocycles. The summed E-state index contributed by atoms with van der Waals surface area (Å²) in [5.74, 6) is 0. The number of aromatic nitrogens is 1. The van der Waals surface area contributed by atoms with E-state index in [0.717, 1.165) is 16.6 Å². The number of hydrogen-bond acceptors (Lipinski definition) is 3. The minimum atomic E-state index is 1.02. The molecule has 0 bridgehead atoms. The van der Waals surface area contributed by atoms with Gasteiger partial charge in [0.25, 0.3) is 0 Å². The van der Waals surface area contributed by atoms with Gasteiger partial charge in [-0.15, -0.1) is 22.7 Å². The molecule has 3 heteroatoms. The van der Waals surface area contributed by atoms with E-state index in [-0.39, 0.29) is 0 Å². The molecule has 9 rings (SSSR count). The Bertz CT molecular complexity index is 2410. The summed E-state index contributed by atoms with van der Waals surface area (Å²) in [6, 6.07) is 44.3. The van der Waals surface area contributed by atoms with Crippen molar-refractivity contribution in [1.29, 1.82) is 0 Å². The van der Waals surface area contributed by atoms with Crippen molar-refractivity contribution in [2.24, 2.45) is 0 Å². The van der Waals surface area contributed by atoms with Crippen LogP contribution in [0.25, 0.3) is 87.2 Å². The fourth-order valence-electron chi connectivity index (χ4n) is 6.43. The lowest BCUT2D eigenvalue weighted by molar-refractivity contribution is 1.42. The summed E-state index contributed by atoms with van der Waals surface area (Å²) in [6.45, 7) is 0. The van der Waals surface area contributed by atoms with Crippen molar-refractivity contribution in [3.63, 3.8) is 0 Å². The molecule has 0 N–H and O–H groups in total. The quantitative estimate of drug-likeness (QED) is 0.152. The number of thiophene rings is 2. The Hall–Kier alpha value is -4.83. The Morgan fingerprint density at radius 2 is 1.29 bits per heavy atom. The van der Waals surface area contributed by atoms with Crippen molar-refractivity contribution in [2.75, 3.05) is 0 Å². The highest BCUT2D eigenvalue weighted by Gasteiger charge is 2.16. The van der Waals surface area contributed by atoms with Crippen LogP contribution in [0.2, 0.25) is 0 Å². The molecule has 0 radical (unpaired) electrons. The van der Waals surface area contributed by atoms with Gasteiger partial charge in [0.05, 0.1) is 16.1 Å². The van der Waals surface area contributed by atoms with Crippen LogP contribution in [0.15, 0.2) is 127 Å². The largest absolute Gasteiger partial charge is 0.247 e. The van der Waals surface area contributed by atoms with Crippen LogP contribution in [0, 0.1) is 0 Å². The molecular weight excluding hydrogens is 547 g/mol. The van der Waals surface area contributed by atoms with Crippen molar-refractivity contribution in [3.05, 3.63) is 137 Å². The average Bonchev–Trinajstić information content (AvgIpc) is 3.75. The van der Waals surface area contributed by atoms with E-state index < -0.39 is 0 Å². The van der Waals surface area contributed by atoms with Crippen molar-refractivity contribution >= 4 is 88.8 Å². The standard InChI is InChI=1S/C39H23NS2/c1-5-25-6-2-9-31-33-17-16-28(29-10-3-11-32(39(29)33)30(8-1)38(25)31)36-20-21-37(42-36)35-19-14-26-23-24(13-18-34(26)40-35)12-15-27-7-4-22-41-27/h1-23H. The van der Waals surface area contributed by atoms with E-state index in [1.54, 1.807) is 11.3 Å². The lowest BCUT2D eigenvalue weighted by Gasteiger charge is -2.16. The molecule has 1 nitrogen and oxygen atoms in total. The Morgan fingerprint density at radius 3 is 2.12 bits per heavy atom. The highest BCUT2D eigenvalue weighted by Crippen LogP contribution is 2.44. The lowest BCUT2D eigenvalue weighted by atomic mass is 9.88. The summed E-state index contributed by atoms with van der Waals surface area (Å²) >= 11 is 3.57. The monoisotopic (exact) mass is 569 g/mol. The Kier molecular flexibility index (Phi) is 5.31. The average molecular weight is 570 g/mol. The minimum absolute atomic E-state index is 1.02. The first-order valence-corrected chi connectivity index (χ1v) is 15.8. The second-order valence-electron chi connectivity index (χ2n) is 10.8. The molecule has 0 aliphatic rings. The number of rotatable bonds is 4. The van der Waals surface area contributed by atoms with Gasteiger partial charge in [-0.05, 0) is 102 Å². The molecule has 0 amide bonds. The molecule has 42 heavy (non-hydrogen) atoms. The molecule has 0 spiro atoms. The molecule has 0 saturated carbocycles. The van der Waals surface area contributed by atoms with Gasteiger partial charge in [0, 0.05) is 15.1 Å². The fraction of sp³-hybridized carbons (Fsp3) is 0. The number of fused-ring (bicyclic) bond motifs is 3. The number of hydrogen-bond donors (Lipinski definition) is 0. The van der Waals surface area contributed by atoms with E-state index in [2.05, 4.69) is 139 Å². The summed E-state index contributed by atoms with van der Waals surface area (Å²) in [6.07, 6.45) is 4.34. The van der Waals surface area contributed by atoms with E-state index in [4.69, 9.17) is 4.98 Å². The summed E-state index contributed by atoms with van der Waals surface area (Å²) in [7, 11) is 0. The Labute approximate surface area is 251 Å². The third-order valence-corrected chi connectivity index (χ3v) is 10.3. The van der Waals surface area contributed by atoms with Crippen LogP contribution in [0.1, 0.15) is 10.4 Å². The first kappa shape index (κ1) is 23.8. The van der Waals surface area contributed by atoms with Gasteiger partial charge < -0.3 is 0 Å². The van der Waals surface area contributed by atoms with Crippen LogP contribution in [-0.2, 0) is 0 Å². The Balaban J connectivity index is 1.13. The summed E-state index contributed by atoms with van der Waals surface area (Å²) < 4.78 is 0. The van der Waals surface area contributed by atoms with Crippen LogP contribution in [0.3, 0.4) is 0 Å². The van der Waals surface area contributed by atoms with Crippen molar-refractivity contribution in [1.82, 2.24) is 4.98 Å². The molecule has 0 unspecified atom stereocenters. The first-order valence-electron chi connectivity index (χ1n) is 14.1. The van der Waals surface area contributed by atoms with Gasteiger partial charge in [-0.1, -0.05) is 91.0 Å². The summed E-state index contributed by atoms with van der Waals surface area (Å²) in [5.41, 5.74) is 4.50. The molecule has 6 aromatic carbocycles. The van der Waals surface area contributed by atoms with Crippen LogP contribution in [-0.4, -0.2) is 4.98 Å². The second kappa shape index (κ2) is 9.35. The van der Waals surface area contributed by atoms with Crippen LogP contribution < -0.4 is 0 Å². The molecule has 0 aliphatic heterocycles. The highest BCUT2D eigenvalue weighted by atomic mass is 32.1. The van der Waals surface area contributed by atoms with Gasteiger partial charge in [0.2, 0.25) is 0 Å². The summed E-state index contributed by atoms with van der Waals surface area (Å²) in [5, 5.41) is 13.9. The van der Waals surface area contributed by atoms with Gasteiger partial charge in [-0.25, -0.2) is 4.98 Å². The van der Waals surface area contributed by atoms with Crippen molar-refractivity contribution < 1.29 is 0 Å². The van der Waals surface area contributed by atoms with Crippen molar-refractivity contribution in [2.45, 2.75) is 0 Å². The predicted molar refractivity (Wildman–Crippen MR) is 185 cm³/mol. The molecule has 0 fully saturated rings. The molecule has 0 atom stereocenters. The van der Waals surface area contributed by atoms with E-state index in [9.17, 15) is 0 Å². The third-order valence-electron chi connectivity index (χ3n) is 8.35. The minimum Gasteiger partial charge on any atom is -0.247 e. The maximum absolute atomic E-state index is 5.05. The van der Waals surface area contributed by atoms with Crippen LogP contribution >= 0.6 is 22.7 Å². The van der Waals surface area contributed by atoms with E-state index in [0.29, 0.717) is 0 Å². The maximum atomic E-state index is 5.05. The zero-order valence-electron chi connectivity index (χ0n) is 22.5. The Morgan fingerprint density at radius 1 is 0.524 bits per heavy atom. The molecular formula is C39H23NS2. The van der Waals surface area contributed by atoms with E-state index in [1.807, 2.05) is 11.3 Å². The van der Waals surface area contributed by atoms with Crippen molar-refractivity contribution in [3.8, 4) is 21.0 Å². The number of benzene rings is 6. The topological polar surface area (TPSA) is 12.9 Å². The highest BCUT2D eigenvalue weighted by molar-refractivity contribution is 7.18. The molecule has 0 aliphatic carbocycles. The van der Waals surface area contributed by atoms with Gasteiger partial charge in [0.15, 0.2) is 0 Å². The van der Waals surface area contributed by atoms with Crippen LogP contribution in [0.4, 0.5) is 0 Å². The van der Waals surface area contributed by atoms with Gasteiger partial charge >= 0.3 is 0 Å². The molecule has 3 heterocycles. The molecule has 196 valence electrons. The summed E-state index contributed by atoms with van der Waals surface area (Å²) in [4.78, 5) is 8.76. The molecule has 0 saturated heterocycles. The zero-order valence-corrected chi connectivity index (χ0v) is 24.2. The smallest absolute Gasteiger partial charge is 0.0809 e. The lowest BCUT2D eigenvalue weighted by Crippen LogP contribution is -1.88. The SMILES string of the molecule is C(=Cc1cccs1)c1ccc2nc(-c3ccc(-c4ccc5c6cccc7cccc(c8cccc4c85)c76)s3)ccc2c1.